The largest absolute Gasteiger partial charge is 0.309 e. The third kappa shape index (κ3) is 3.88. The Kier molecular flexibility index (Phi) is 5.89. The Morgan fingerprint density at radius 2 is 1.22 bits per heavy atom. The number of fused-ring (bicyclic) bond motifs is 6. The van der Waals surface area contributed by atoms with Crippen molar-refractivity contribution in [2.45, 2.75) is 32.6 Å². The summed E-state index contributed by atoms with van der Waals surface area (Å²) in [6.07, 6.45) is 0.994. The molecule has 0 radical (unpaired) electrons. The van der Waals surface area contributed by atoms with Gasteiger partial charge in [-0.1, -0.05) is 130 Å². The molecule has 2 heterocycles. The van der Waals surface area contributed by atoms with E-state index in [1.54, 1.807) is 0 Å². The molecule has 0 aliphatic carbocycles. The molecule has 0 bridgehead atoms. The van der Waals surface area contributed by atoms with Crippen LogP contribution in [0.15, 0.2) is 146 Å². The number of aromatic nitrogens is 1. The molecule has 8 aromatic rings. The van der Waals surface area contributed by atoms with Crippen molar-refractivity contribution in [3.63, 3.8) is 0 Å². The number of hydrogen-bond acceptors (Lipinski definition) is 0. The highest BCUT2D eigenvalue weighted by Gasteiger charge is 2.35. The lowest BCUT2D eigenvalue weighted by molar-refractivity contribution is 0.630. The fourth-order valence-corrected chi connectivity index (χ4v) is 8.05. The van der Waals surface area contributed by atoms with Crippen molar-refractivity contribution in [1.82, 2.24) is 4.57 Å². The summed E-state index contributed by atoms with van der Waals surface area (Å²) >= 11 is 0. The highest BCUT2D eigenvalue weighted by Crippen LogP contribution is 2.49. The summed E-state index contributed by atoms with van der Waals surface area (Å²) < 4.78 is 2.51. The Labute approximate surface area is 270 Å². The van der Waals surface area contributed by atoms with E-state index in [1.807, 2.05) is 0 Å². The number of aryl methyl sites for hydroxylation is 1. The van der Waals surface area contributed by atoms with Gasteiger partial charge in [-0.15, -0.1) is 0 Å². The minimum Gasteiger partial charge on any atom is -0.309 e. The zero-order valence-corrected chi connectivity index (χ0v) is 26.5. The molecular formula is C45H35N. The number of nitrogens with zero attached hydrogens (tertiary/aromatic N) is 1. The molecule has 9 rings (SSSR count). The maximum Gasteiger partial charge on any atom is 0.0582 e. The van der Waals surface area contributed by atoms with E-state index in [9.17, 15) is 0 Å². The second kappa shape index (κ2) is 10.1. The Morgan fingerprint density at radius 3 is 2.09 bits per heavy atom. The van der Waals surface area contributed by atoms with Crippen molar-refractivity contribution in [1.29, 1.82) is 0 Å². The van der Waals surface area contributed by atoms with Crippen molar-refractivity contribution in [2.75, 3.05) is 0 Å². The van der Waals surface area contributed by atoms with Crippen LogP contribution in [0.3, 0.4) is 0 Å². The molecule has 220 valence electrons. The lowest BCUT2D eigenvalue weighted by Gasteiger charge is -2.35. The van der Waals surface area contributed by atoms with E-state index in [-0.39, 0.29) is 5.41 Å². The van der Waals surface area contributed by atoms with Crippen LogP contribution in [0.4, 0.5) is 0 Å². The maximum absolute atomic E-state index is 2.51. The summed E-state index contributed by atoms with van der Waals surface area (Å²) in [5, 5.41) is 5.26. The Bertz CT molecular complexity index is 2470. The van der Waals surface area contributed by atoms with Crippen LogP contribution < -0.4 is 0 Å². The van der Waals surface area contributed by atoms with Gasteiger partial charge in [0.25, 0.3) is 0 Å². The molecule has 0 unspecified atom stereocenters. The van der Waals surface area contributed by atoms with Crippen molar-refractivity contribution in [2.24, 2.45) is 0 Å². The van der Waals surface area contributed by atoms with Crippen LogP contribution in [0, 0.1) is 0 Å². The highest BCUT2D eigenvalue weighted by molar-refractivity contribution is 6.14. The van der Waals surface area contributed by atoms with Crippen molar-refractivity contribution in [3.05, 3.63) is 162 Å². The smallest absolute Gasteiger partial charge is 0.0582 e. The predicted molar refractivity (Wildman–Crippen MR) is 196 cm³/mol. The first-order valence-corrected chi connectivity index (χ1v) is 16.4. The lowest BCUT2D eigenvalue weighted by Crippen LogP contribution is -2.26. The van der Waals surface area contributed by atoms with Crippen molar-refractivity contribution in [3.8, 4) is 39.1 Å². The SMILES string of the molecule is CCc1c(-c2cccc(-c3cc4c5c(c3)c3cc(-c6ccccc6)ccc3n5-c3ccccc3C4(C)C)c2)ccc2ccccc12. The fraction of sp³-hybridized carbons (Fsp3) is 0.111. The third-order valence-corrected chi connectivity index (χ3v) is 10.4. The third-order valence-electron chi connectivity index (χ3n) is 10.4. The van der Waals surface area contributed by atoms with Crippen LogP contribution >= 0.6 is 0 Å². The molecule has 1 aliphatic rings. The summed E-state index contributed by atoms with van der Waals surface area (Å²) in [5.41, 5.74) is 15.5. The minimum atomic E-state index is -0.150. The normalized spacial score (nSPS) is 13.4. The molecule has 0 amide bonds. The molecule has 7 aromatic carbocycles. The zero-order chi connectivity index (χ0) is 31.0. The second-order valence-corrected chi connectivity index (χ2v) is 13.2. The first-order chi connectivity index (χ1) is 22.5. The number of rotatable bonds is 4. The summed E-state index contributed by atoms with van der Waals surface area (Å²) in [4.78, 5) is 0. The van der Waals surface area contributed by atoms with Gasteiger partial charge in [0.1, 0.15) is 0 Å². The zero-order valence-electron chi connectivity index (χ0n) is 26.5. The van der Waals surface area contributed by atoms with Gasteiger partial charge in [-0.3, -0.25) is 0 Å². The van der Waals surface area contributed by atoms with Crippen molar-refractivity contribution >= 4 is 32.6 Å². The Morgan fingerprint density at radius 1 is 0.500 bits per heavy atom. The Hall–Kier alpha value is -5.40. The molecule has 1 nitrogen and oxygen atoms in total. The van der Waals surface area contributed by atoms with Crippen LogP contribution in [0.25, 0.3) is 71.6 Å². The Balaban J connectivity index is 1.31. The second-order valence-electron chi connectivity index (χ2n) is 13.2. The van der Waals surface area contributed by atoms with Gasteiger partial charge in [-0.05, 0) is 104 Å². The summed E-state index contributed by atoms with van der Waals surface area (Å²) in [6, 6.07) is 54.1. The van der Waals surface area contributed by atoms with Crippen LogP contribution in [-0.4, -0.2) is 4.57 Å². The maximum atomic E-state index is 2.51. The standard InChI is InChI=1S/C45H35N/c1-4-35-36-18-9-8-15-30(36)21-23-37(35)33-17-12-16-31(25-33)34-27-39-38-26-32(29-13-6-5-7-14-29)22-24-42(38)46-43-20-11-10-19-40(43)45(2,3)41(28-34)44(39)46/h5-28H,4H2,1-3H3. The van der Waals surface area contributed by atoms with E-state index in [1.165, 1.54) is 88.3 Å². The average molecular weight is 590 g/mol. The van der Waals surface area contributed by atoms with Crippen LogP contribution in [0.5, 0.6) is 0 Å². The molecule has 0 saturated carbocycles. The van der Waals surface area contributed by atoms with E-state index in [4.69, 9.17) is 0 Å². The molecule has 0 spiro atoms. The van der Waals surface area contributed by atoms with E-state index < -0.39 is 0 Å². The first kappa shape index (κ1) is 27.0. The monoisotopic (exact) mass is 589 g/mol. The molecule has 0 fully saturated rings. The first-order valence-electron chi connectivity index (χ1n) is 16.4. The molecule has 0 N–H and O–H groups in total. The minimum absolute atomic E-state index is 0.150. The number of benzene rings is 7. The van der Waals surface area contributed by atoms with Gasteiger partial charge in [0.05, 0.1) is 16.7 Å². The predicted octanol–water partition coefficient (Wildman–Crippen LogP) is 12.1. The summed E-state index contributed by atoms with van der Waals surface area (Å²) in [7, 11) is 0. The molecule has 1 heteroatoms. The number of hydrogen-bond donors (Lipinski definition) is 0. The molecule has 1 aromatic heterocycles. The van der Waals surface area contributed by atoms with E-state index in [2.05, 4.69) is 171 Å². The van der Waals surface area contributed by atoms with Gasteiger partial charge >= 0.3 is 0 Å². The van der Waals surface area contributed by atoms with Crippen LogP contribution in [-0.2, 0) is 11.8 Å². The summed E-state index contributed by atoms with van der Waals surface area (Å²) in [6.45, 7) is 7.05. The lowest BCUT2D eigenvalue weighted by atomic mass is 9.74. The van der Waals surface area contributed by atoms with E-state index in [0.29, 0.717) is 0 Å². The number of para-hydroxylation sites is 1. The van der Waals surface area contributed by atoms with Crippen LogP contribution in [0.2, 0.25) is 0 Å². The molecular weight excluding hydrogens is 555 g/mol. The molecule has 1 aliphatic heterocycles. The van der Waals surface area contributed by atoms with Crippen LogP contribution in [0.1, 0.15) is 37.5 Å². The van der Waals surface area contributed by atoms with E-state index >= 15 is 0 Å². The fourth-order valence-electron chi connectivity index (χ4n) is 8.05. The van der Waals surface area contributed by atoms with Gasteiger partial charge in [0.15, 0.2) is 0 Å². The summed E-state index contributed by atoms with van der Waals surface area (Å²) in [5.74, 6) is 0. The van der Waals surface area contributed by atoms with E-state index in [0.717, 1.165) is 6.42 Å². The average Bonchev–Trinajstić information content (AvgIpc) is 3.44. The molecule has 46 heavy (non-hydrogen) atoms. The molecule has 0 atom stereocenters. The van der Waals surface area contributed by atoms with Crippen molar-refractivity contribution < 1.29 is 0 Å². The van der Waals surface area contributed by atoms with Gasteiger partial charge in [-0.25, -0.2) is 0 Å². The molecule has 0 saturated heterocycles. The van der Waals surface area contributed by atoms with Gasteiger partial charge < -0.3 is 4.57 Å². The van der Waals surface area contributed by atoms with Gasteiger partial charge in [-0.2, -0.15) is 0 Å². The quantitative estimate of drug-likeness (QED) is 0.192. The topological polar surface area (TPSA) is 4.93 Å². The van der Waals surface area contributed by atoms with Gasteiger partial charge in [0, 0.05) is 16.2 Å². The highest BCUT2D eigenvalue weighted by atomic mass is 15.0. The van der Waals surface area contributed by atoms with Gasteiger partial charge in [0.2, 0.25) is 0 Å².